The molecule has 2 amide bonds. The van der Waals surface area contributed by atoms with Crippen molar-refractivity contribution in [1.82, 2.24) is 5.32 Å². The minimum Gasteiger partial charge on any atom is -0.465 e. The van der Waals surface area contributed by atoms with Crippen LogP contribution in [0.4, 0.5) is 18.9 Å². The highest BCUT2D eigenvalue weighted by Gasteiger charge is 2.28. The molecule has 2 aromatic carbocycles. The summed E-state index contributed by atoms with van der Waals surface area (Å²) in [5.41, 5.74) is 0.959. The molecular formula is C20H17F3N2O4. The van der Waals surface area contributed by atoms with Crippen LogP contribution in [0.25, 0.3) is 6.08 Å². The van der Waals surface area contributed by atoms with Crippen LogP contribution < -0.4 is 10.6 Å². The maximum absolute atomic E-state index is 12.3. The molecule has 0 aliphatic heterocycles. The number of amides is 2. The van der Waals surface area contributed by atoms with Crippen molar-refractivity contribution in [2.24, 2.45) is 0 Å². The predicted molar refractivity (Wildman–Crippen MR) is 100 cm³/mol. The molecule has 0 aromatic heterocycles. The highest BCUT2D eigenvalue weighted by atomic mass is 19.4. The summed E-state index contributed by atoms with van der Waals surface area (Å²) in [6.07, 6.45) is -1.87. The van der Waals surface area contributed by atoms with Crippen LogP contribution in [0.3, 0.4) is 0 Å². The number of halogens is 3. The largest absolute Gasteiger partial charge is 0.465 e. The maximum atomic E-state index is 12.3. The van der Waals surface area contributed by atoms with E-state index >= 15 is 0 Å². The van der Waals surface area contributed by atoms with Gasteiger partial charge in [0.05, 0.1) is 23.9 Å². The summed E-state index contributed by atoms with van der Waals surface area (Å²) in [6.45, 7) is -1.48. The van der Waals surface area contributed by atoms with Crippen molar-refractivity contribution < 1.29 is 32.3 Å². The van der Waals surface area contributed by atoms with E-state index in [1.807, 2.05) is 0 Å². The fraction of sp³-hybridized carbons (Fsp3) is 0.150. The van der Waals surface area contributed by atoms with E-state index in [1.165, 1.54) is 55.7 Å². The Kier molecular flexibility index (Phi) is 7.13. The van der Waals surface area contributed by atoms with Crippen molar-refractivity contribution in [3.63, 3.8) is 0 Å². The predicted octanol–water partition coefficient (Wildman–Crippen LogP) is 3.42. The van der Waals surface area contributed by atoms with Gasteiger partial charge in [0.2, 0.25) is 5.91 Å². The van der Waals surface area contributed by atoms with Crippen LogP contribution in [0.2, 0.25) is 0 Å². The van der Waals surface area contributed by atoms with Gasteiger partial charge < -0.3 is 15.4 Å². The van der Waals surface area contributed by atoms with Crippen molar-refractivity contribution in [1.29, 1.82) is 0 Å². The topological polar surface area (TPSA) is 84.5 Å². The first kappa shape index (κ1) is 21.7. The first-order valence-corrected chi connectivity index (χ1v) is 8.31. The number of methoxy groups -OCH3 is 1. The number of ether oxygens (including phenoxy) is 1. The van der Waals surface area contributed by atoms with Gasteiger partial charge in [-0.3, -0.25) is 9.59 Å². The Bertz CT molecular complexity index is 922. The Balaban J connectivity index is 2.04. The van der Waals surface area contributed by atoms with E-state index in [-0.39, 0.29) is 11.3 Å². The molecule has 6 nitrogen and oxygen atoms in total. The number of rotatable bonds is 6. The lowest BCUT2D eigenvalue weighted by Crippen LogP contribution is -2.34. The molecule has 0 radical (unpaired) electrons. The van der Waals surface area contributed by atoms with Crippen LogP contribution >= 0.6 is 0 Å². The third kappa shape index (κ3) is 6.80. The molecule has 0 unspecified atom stereocenters. The van der Waals surface area contributed by atoms with Gasteiger partial charge in [-0.05, 0) is 35.9 Å². The standard InChI is InChI=1S/C20H17F3N2O4/c1-29-19(28)14-9-6-13(7-10-14)8-11-17(26)25-16-5-3-2-4-15(16)18(27)24-12-20(21,22)23/h2-11H,12H2,1H3,(H,24,27)(H,25,26). The van der Waals surface area contributed by atoms with Gasteiger partial charge in [-0.2, -0.15) is 13.2 Å². The zero-order valence-electron chi connectivity index (χ0n) is 15.2. The lowest BCUT2D eigenvalue weighted by molar-refractivity contribution is -0.123. The summed E-state index contributed by atoms with van der Waals surface area (Å²) >= 11 is 0. The summed E-state index contributed by atoms with van der Waals surface area (Å²) in [5, 5.41) is 4.21. The van der Waals surface area contributed by atoms with Gasteiger partial charge in [-0.15, -0.1) is 0 Å². The Hall–Kier alpha value is -3.62. The maximum Gasteiger partial charge on any atom is 0.405 e. The van der Waals surface area contributed by atoms with Crippen molar-refractivity contribution >= 4 is 29.5 Å². The molecule has 0 aliphatic rings. The number of carbonyl (C=O) groups is 3. The third-order valence-electron chi connectivity index (χ3n) is 3.64. The molecule has 2 aromatic rings. The molecule has 0 bridgehead atoms. The second kappa shape index (κ2) is 9.54. The van der Waals surface area contributed by atoms with Gasteiger partial charge in [-0.25, -0.2) is 4.79 Å². The quantitative estimate of drug-likeness (QED) is 0.569. The van der Waals surface area contributed by atoms with Gasteiger partial charge in [-0.1, -0.05) is 24.3 Å². The number of alkyl halides is 3. The molecule has 152 valence electrons. The van der Waals surface area contributed by atoms with Crippen LogP contribution in [-0.4, -0.2) is 37.6 Å². The Morgan fingerprint density at radius 1 is 1.03 bits per heavy atom. The number of benzene rings is 2. The summed E-state index contributed by atoms with van der Waals surface area (Å²) < 4.78 is 41.4. The van der Waals surface area contributed by atoms with E-state index in [1.54, 1.807) is 17.4 Å². The van der Waals surface area contributed by atoms with Crippen LogP contribution in [0.1, 0.15) is 26.3 Å². The molecule has 0 saturated carbocycles. The number of nitrogens with one attached hydrogen (secondary N) is 2. The minimum atomic E-state index is -4.54. The van der Waals surface area contributed by atoms with Crippen LogP contribution in [0.15, 0.2) is 54.6 Å². The van der Waals surface area contributed by atoms with E-state index in [0.717, 1.165) is 0 Å². The summed E-state index contributed by atoms with van der Waals surface area (Å²) in [4.78, 5) is 35.5. The molecule has 0 saturated heterocycles. The first-order chi connectivity index (χ1) is 13.7. The van der Waals surface area contributed by atoms with Gasteiger partial charge in [0.15, 0.2) is 0 Å². The van der Waals surface area contributed by atoms with Crippen LogP contribution in [0, 0.1) is 0 Å². The molecule has 9 heteroatoms. The normalized spacial score (nSPS) is 11.2. The molecular weight excluding hydrogens is 389 g/mol. The lowest BCUT2D eigenvalue weighted by Gasteiger charge is -2.11. The van der Waals surface area contributed by atoms with Crippen molar-refractivity contribution in [3.8, 4) is 0 Å². The molecule has 0 atom stereocenters. The van der Waals surface area contributed by atoms with E-state index in [4.69, 9.17) is 0 Å². The third-order valence-corrected chi connectivity index (χ3v) is 3.64. The number of hydrogen-bond donors (Lipinski definition) is 2. The number of esters is 1. The second-order valence-corrected chi connectivity index (χ2v) is 5.78. The van der Waals surface area contributed by atoms with E-state index in [9.17, 15) is 27.6 Å². The van der Waals surface area contributed by atoms with E-state index in [2.05, 4.69) is 10.1 Å². The number of anilines is 1. The van der Waals surface area contributed by atoms with Crippen LogP contribution in [-0.2, 0) is 9.53 Å². The Morgan fingerprint density at radius 3 is 2.31 bits per heavy atom. The zero-order chi connectivity index (χ0) is 21.4. The monoisotopic (exact) mass is 406 g/mol. The van der Waals surface area contributed by atoms with Crippen molar-refractivity contribution in [2.75, 3.05) is 19.0 Å². The average Bonchev–Trinajstić information content (AvgIpc) is 2.70. The van der Waals surface area contributed by atoms with Crippen molar-refractivity contribution in [3.05, 3.63) is 71.3 Å². The summed E-state index contributed by atoms with van der Waals surface area (Å²) in [7, 11) is 1.27. The summed E-state index contributed by atoms with van der Waals surface area (Å²) in [5.74, 6) is -2.03. The van der Waals surface area contributed by atoms with Gasteiger partial charge >= 0.3 is 12.1 Å². The molecule has 2 N–H and O–H groups in total. The Labute approximate surface area is 164 Å². The molecule has 0 fully saturated rings. The second-order valence-electron chi connectivity index (χ2n) is 5.78. The fourth-order valence-electron chi connectivity index (χ4n) is 2.26. The van der Waals surface area contributed by atoms with Crippen molar-refractivity contribution in [2.45, 2.75) is 6.18 Å². The lowest BCUT2D eigenvalue weighted by atomic mass is 10.1. The number of para-hydroxylation sites is 1. The zero-order valence-corrected chi connectivity index (χ0v) is 15.2. The molecule has 29 heavy (non-hydrogen) atoms. The summed E-state index contributed by atoms with van der Waals surface area (Å²) in [6, 6.07) is 12.0. The average molecular weight is 406 g/mol. The smallest absolute Gasteiger partial charge is 0.405 e. The van der Waals surface area contributed by atoms with E-state index < -0.39 is 30.5 Å². The number of hydrogen-bond acceptors (Lipinski definition) is 4. The molecule has 0 aliphatic carbocycles. The highest BCUT2D eigenvalue weighted by molar-refractivity contribution is 6.07. The minimum absolute atomic E-state index is 0.0721. The number of carbonyl (C=O) groups excluding carboxylic acids is 3. The Morgan fingerprint density at radius 2 is 1.69 bits per heavy atom. The van der Waals surface area contributed by atoms with Gasteiger partial charge in [0.1, 0.15) is 6.54 Å². The van der Waals surface area contributed by atoms with Gasteiger partial charge in [0.25, 0.3) is 5.91 Å². The molecule has 2 rings (SSSR count). The molecule has 0 spiro atoms. The van der Waals surface area contributed by atoms with Crippen LogP contribution in [0.5, 0.6) is 0 Å². The first-order valence-electron chi connectivity index (χ1n) is 8.31. The van der Waals surface area contributed by atoms with E-state index in [0.29, 0.717) is 11.1 Å². The highest BCUT2D eigenvalue weighted by Crippen LogP contribution is 2.17. The fourth-order valence-corrected chi connectivity index (χ4v) is 2.26. The SMILES string of the molecule is COC(=O)c1ccc(C=CC(=O)Nc2ccccc2C(=O)NCC(F)(F)F)cc1. The van der Waals surface area contributed by atoms with Gasteiger partial charge in [0, 0.05) is 6.08 Å². The molecule has 0 heterocycles.